The van der Waals surface area contributed by atoms with Gasteiger partial charge in [-0.2, -0.15) is 0 Å². The zero-order valence-electron chi connectivity index (χ0n) is 11.4. The van der Waals surface area contributed by atoms with Crippen LogP contribution in [0.25, 0.3) is 11.0 Å². The van der Waals surface area contributed by atoms with Gasteiger partial charge in [0.25, 0.3) is 0 Å². The van der Waals surface area contributed by atoms with Gasteiger partial charge < -0.3 is 9.42 Å². The molecule has 2 heterocycles. The third kappa shape index (κ3) is 3.16. The lowest BCUT2D eigenvalue weighted by Gasteiger charge is -2.15. The van der Waals surface area contributed by atoms with E-state index < -0.39 is 0 Å². The molecular weight excluding hydrogens is 352 g/mol. The first kappa shape index (κ1) is 14.3. The van der Waals surface area contributed by atoms with E-state index in [-0.39, 0.29) is 12.3 Å². The summed E-state index contributed by atoms with van der Waals surface area (Å²) in [5, 5.41) is 6.92. The van der Waals surface area contributed by atoms with Crippen molar-refractivity contribution in [1.82, 2.24) is 10.1 Å². The topological polar surface area (TPSA) is 46.3 Å². The van der Waals surface area contributed by atoms with Gasteiger partial charge in [0.15, 0.2) is 5.58 Å². The normalized spacial score (nSPS) is 11.0. The maximum Gasteiger partial charge on any atom is 0.228 e. The Hall–Kier alpha value is -1.66. The Kier molecular flexibility index (Phi) is 4.07. The largest absolute Gasteiger partial charge is 0.356 e. The van der Waals surface area contributed by atoms with Gasteiger partial charge in [-0.15, -0.1) is 11.3 Å². The Morgan fingerprint density at radius 3 is 3.00 bits per heavy atom. The molecule has 0 bridgehead atoms. The maximum atomic E-state index is 12.3. The van der Waals surface area contributed by atoms with Crippen molar-refractivity contribution in [2.75, 3.05) is 7.05 Å². The van der Waals surface area contributed by atoms with Crippen molar-refractivity contribution >= 4 is 44.1 Å². The van der Waals surface area contributed by atoms with Gasteiger partial charge in [0.05, 0.1) is 13.0 Å². The van der Waals surface area contributed by atoms with Crippen molar-refractivity contribution in [3.8, 4) is 0 Å². The highest BCUT2D eigenvalue weighted by Gasteiger charge is 2.16. The number of benzene rings is 1. The lowest BCUT2D eigenvalue weighted by molar-refractivity contribution is -0.129. The summed E-state index contributed by atoms with van der Waals surface area (Å²) in [4.78, 5) is 15.2. The van der Waals surface area contributed by atoms with E-state index in [1.54, 1.807) is 23.3 Å². The summed E-state index contributed by atoms with van der Waals surface area (Å²) in [6, 6.07) is 9.61. The number of amides is 1. The highest BCUT2D eigenvalue weighted by Crippen LogP contribution is 2.22. The molecule has 0 atom stereocenters. The van der Waals surface area contributed by atoms with Crippen LogP contribution in [0, 0.1) is 0 Å². The van der Waals surface area contributed by atoms with Crippen LogP contribution in [0.4, 0.5) is 0 Å². The van der Waals surface area contributed by atoms with E-state index in [0.717, 1.165) is 14.7 Å². The zero-order chi connectivity index (χ0) is 14.8. The van der Waals surface area contributed by atoms with E-state index in [0.29, 0.717) is 17.8 Å². The SMILES string of the molecule is CN(Cc1cc(Br)cs1)C(=O)Cc1noc2ccccc12. The van der Waals surface area contributed by atoms with Gasteiger partial charge in [0.1, 0.15) is 5.69 Å². The molecule has 0 saturated heterocycles. The van der Waals surface area contributed by atoms with Gasteiger partial charge in [-0.1, -0.05) is 17.3 Å². The molecule has 1 aromatic carbocycles. The van der Waals surface area contributed by atoms with E-state index >= 15 is 0 Å². The van der Waals surface area contributed by atoms with Crippen molar-refractivity contribution < 1.29 is 9.32 Å². The molecule has 3 rings (SSSR count). The average molecular weight is 365 g/mol. The molecule has 0 fully saturated rings. The number of para-hydroxylation sites is 1. The van der Waals surface area contributed by atoms with Crippen LogP contribution in [0.3, 0.4) is 0 Å². The summed E-state index contributed by atoms with van der Waals surface area (Å²) in [6.45, 7) is 0.602. The molecule has 0 saturated carbocycles. The Balaban J connectivity index is 1.70. The van der Waals surface area contributed by atoms with Crippen molar-refractivity contribution in [2.24, 2.45) is 0 Å². The molecule has 108 valence electrons. The third-order valence-corrected chi connectivity index (χ3v) is 4.89. The lowest BCUT2D eigenvalue weighted by atomic mass is 10.1. The molecule has 0 N–H and O–H groups in total. The van der Waals surface area contributed by atoms with E-state index in [4.69, 9.17) is 4.52 Å². The second-order valence-electron chi connectivity index (χ2n) is 4.78. The minimum atomic E-state index is 0.0265. The smallest absolute Gasteiger partial charge is 0.228 e. The minimum absolute atomic E-state index is 0.0265. The highest BCUT2D eigenvalue weighted by molar-refractivity contribution is 9.10. The van der Waals surface area contributed by atoms with Crippen molar-refractivity contribution in [2.45, 2.75) is 13.0 Å². The van der Waals surface area contributed by atoms with Gasteiger partial charge in [-0.25, -0.2) is 0 Å². The summed E-state index contributed by atoms with van der Waals surface area (Å²) >= 11 is 5.05. The van der Waals surface area contributed by atoms with Crippen LogP contribution in [-0.2, 0) is 17.8 Å². The molecule has 0 aliphatic rings. The van der Waals surface area contributed by atoms with E-state index in [2.05, 4.69) is 21.1 Å². The number of nitrogens with zero attached hydrogens (tertiary/aromatic N) is 2. The van der Waals surface area contributed by atoms with Gasteiger partial charge in [-0.05, 0) is 34.1 Å². The molecule has 3 aromatic rings. The first-order valence-electron chi connectivity index (χ1n) is 6.43. The fourth-order valence-electron chi connectivity index (χ4n) is 2.10. The summed E-state index contributed by atoms with van der Waals surface area (Å²) in [5.74, 6) is 0.0265. The molecule has 0 radical (unpaired) electrons. The molecule has 1 amide bonds. The fraction of sp³-hybridized carbons (Fsp3) is 0.200. The Labute approximate surface area is 134 Å². The second-order valence-corrected chi connectivity index (χ2v) is 6.69. The highest BCUT2D eigenvalue weighted by atomic mass is 79.9. The minimum Gasteiger partial charge on any atom is -0.356 e. The number of rotatable bonds is 4. The van der Waals surface area contributed by atoms with Gasteiger partial charge in [0, 0.05) is 27.2 Å². The monoisotopic (exact) mass is 364 g/mol. The number of fused-ring (bicyclic) bond motifs is 1. The first-order chi connectivity index (χ1) is 10.1. The molecule has 0 unspecified atom stereocenters. The molecule has 0 spiro atoms. The van der Waals surface area contributed by atoms with Gasteiger partial charge in [0.2, 0.25) is 5.91 Å². The van der Waals surface area contributed by atoms with E-state index in [1.807, 2.05) is 35.7 Å². The second kappa shape index (κ2) is 5.99. The van der Waals surface area contributed by atoms with E-state index in [9.17, 15) is 4.79 Å². The summed E-state index contributed by atoms with van der Waals surface area (Å²) in [6.07, 6.45) is 0.250. The van der Waals surface area contributed by atoms with Crippen LogP contribution in [0.2, 0.25) is 0 Å². The number of hydrogen-bond acceptors (Lipinski definition) is 4. The maximum absolute atomic E-state index is 12.3. The third-order valence-electron chi connectivity index (χ3n) is 3.21. The standard InChI is InChI=1S/C15H13BrN2O2S/c1-18(8-11-6-10(16)9-21-11)15(19)7-13-12-4-2-3-5-14(12)20-17-13/h2-6,9H,7-8H2,1H3. The number of likely N-dealkylation sites (N-methyl/N-ethyl adjacent to an activating group) is 1. The van der Waals surface area contributed by atoms with Gasteiger partial charge >= 0.3 is 0 Å². The number of hydrogen-bond donors (Lipinski definition) is 0. The molecule has 21 heavy (non-hydrogen) atoms. The molecule has 4 nitrogen and oxygen atoms in total. The molecule has 2 aromatic heterocycles. The van der Waals surface area contributed by atoms with E-state index in [1.165, 1.54) is 0 Å². The summed E-state index contributed by atoms with van der Waals surface area (Å²) in [5.41, 5.74) is 1.40. The quantitative estimate of drug-likeness (QED) is 0.706. The van der Waals surface area contributed by atoms with Crippen molar-refractivity contribution in [3.63, 3.8) is 0 Å². The van der Waals surface area contributed by atoms with Crippen molar-refractivity contribution in [3.05, 3.63) is 50.8 Å². The zero-order valence-corrected chi connectivity index (χ0v) is 13.8. The van der Waals surface area contributed by atoms with Crippen LogP contribution in [0.15, 0.2) is 44.7 Å². The number of halogens is 1. The molecular formula is C15H13BrN2O2S. The Bertz CT molecular complexity index is 781. The van der Waals surface area contributed by atoms with Crippen LogP contribution in [0.5, 0.6) is 0 Å². The molecule has 0 aliphatic heterocycles. The van der Waals surface area contributed by atoms with Crippen molar-refractivity contribution in [1.29, 1.82) is 0 Å². The number of aromatic nitrogens is 1. The Morgan fingerprint density at radius 2 is 2.24 bits per heavy atom. The lowest BCUT2D eigenvalue weighted by Crippen LogP contribution is -2.27. The number of carbonyl (C=O) groups is 1. The molecule has 0 aliphatic carbocycles. The van der Waals surface area contributed by atoms with Crippen LogP contribution in [-0.4, -0.2) is 23.0 Å². The predicted octanol–water partition coefficient (Wildman–Crippen LogP) is 3.85. The van der Waals surface area contributed by atoms with Crippen LogP contribution in [0.1, 0.15) is 10.6 Å². The summed E-state index contributed by atoms with van der Waals surface area (Å²) < 4.78 is 6.27. The average Bonchev–Trinajstić information content (AvgIpc) is 3.06. The number of carbonyl (C=O) groups excluding carboxylic acids is 1. The van der Waals surface area contributed by atoms with Crippen LogP contribution < -0.4 is 0 Å². The molecule has 6 heteroatoms. The predicted molar refractivity (Wildman–Crippen MR) is 86.2 cm³/mol. The summed E-state index contributed by atoms with van der Waals surface area (Å²) in [7, 11) is 1.80. The number of thiophene rings is 1. The first-order valence-corrected chi connectivity index (χ1v) is 8.11. The van der Waals surface area contributed by atoms with Gasteiger partial charge in [-0.3, -0.25) is 4.79 Å². The Morgan fingerprint density at radius 1 is 1.43 bits per heavy atom. The fourth-order valence-corrected chi connectivity index (χ4v) is 3.61. The van der Waals surface area contributed by atoms with Crippen LogP contribution >= 0.6 is 27.3 Å².